The smallest absolute Gasteiger partial charge is 0.444 e. The molecule has 6 nitrogen and oxygen atoms in total. The van der Waals surface area contributed by atoms with Gasteiger partial charge in [-0.2, -0.15) is 0 Å². The van der Waals surface area contributed by atoms with Gasteiger partial charge in [0.25, 0.3) is 0 Å². The first kappa shape index (κ1) is 19.5. The Kier molecular flexibility index (Phi) is 7.55. The van der Waals surface area contributed by atoms with E-state index in [1.807, 2.05) is 40.0 Å². The molecule has 0 aliphatic heterocycles. The molecule has 0 bridgehead atoms. The largest absolute Gasteiger partial charge is 0.488 e. The molecule has 0 aliphatic rings. The van der Waals surface area contributed by atoms with Crippen LogP contribution >= 0.6 is 0 Å². The SMILES string of the molecule is CN(CCCNC(=O)OC(C)(C)C)Cc1ccccc1B(O)O. The third-order valence-corrected chi connectivity index (χ3v) is 3.16. The van der Waals surface area contributed by atoms with Crippen LogP contribution < -0.4 is 10.8 Å². The molecule has 0 spiro atoms. The predicted molar refractivity (Wildman–Crippen MR) is 91.5 cm³/mol. The van der Waals surface area contributed by atoms with E-state index in [0.717, 1.165) is 18.5 Å². The van der Waals surface area contributed by atoms with Gasteiger partial charge in [-0.15, -0.1) is 0 Å². The highest BCUT2D eigenvalue weighted by atomic mass is 16.6. The number of nitrogens with zero attached hydrogens (tertiary/aromatic N) is 1. The van der Waals surface area contributed by atoms with Crippen LogP contribution in [-0.2, 0) is 11.3 Å². The maximum Gasteiger partial charge on any atom is 0.488 e. The van der Waals surface area contributed by atoms with Crippen molar-refractivity contribution >= 4 is 18.7 Å². The summed E-state index contributed by atoms with van der Waals surface area (Å²) in [7, 11) is 0.488. The summed E-state index contributed by atoms with van der Waals surface area (Å²) in [5, 5.41) is 21.4. The zero-order chi connectivity index (χ0) is 17.5. The van der Waals surface area contributed by atoms with Crippen molar-refractivity contribution in [3.63, 3.8) is 0 Å². The average Bonchev–Trinajstić information content (AvgIpc) is 2.42. The zero-order valence-electron chi connectivity index (χ0n) is 14.4. The Morgan fingerprint density at radius 2 is 1.96 bits per heavy atom. The van der Waals surface area contributed by atoms with Crippen molar-refractivity contribution in [2.24, 2.45) is 0 Å². The van der Waals surface area contributed by atoms with Gasteiger partial charge >= 0.3 is 13.2 Å². The van der Waals surface area contributed by atoms with Gasteiger partial charge in [-0.3, -0.25) is 0 Å². The second kappa shape index (κ2) is 8.91. The second-order valence-electron chi connectivity index (χ2n) is 6.59. The van der Waals surface area contributed by atoms with E-state index >= 15 is 0 Å². The van der Waals surface area contributed by atoms with Crippen molar-refractivity contribution in [2.75, 3.05) is 20.1 Å². The molecule has 0 heterocycles. The Balaban J connectivity index is 2.33. The van der Waals surface area contributed by atoms with Crippen LogP contribution in [0.4, 0.5) is 4.79 Å². The van der Waals surface area contributed by atoms with Gasteiger partial charge in [0.2, 0.25) is 0 Å². The van der Waals surface area contributed by atoms with Gasteiger partial charge in [0.15, 0.2) is 0 Å². The van der Waals surface area contributed by atoms with E-state index in [1.165, 1.54) is 0 Å². The number of ether oxygens (including phenoxy) is 1. The number of carbonyl (C=O) groups is 1. The molecule has 0 atom stereocenters. The second-order valence-corrected chi connectivity index (χ2v) is 6.59. The quantitative estimate of drug-likeness (QED) is 0.509. The number of rotatable bonds is 7. The van der Waals surface area contributed by atoms with Gasteiger partial charge in [0, 0.05) is 13.1 Å². The molecular formula is C16H27BN2O4. The van der Waals surface area contributed by atoms with Crippen LogP contribution in [0.5, 0.6) is 0 Å². The number of hydrogen-bond acceptors (Lipinski definition) is 5. The van der Waals surface area contributed by atoms with Crippen molar-refractivity contribution in [3.05, 3.63) is 29.8 Å². The van der Waals surface area contributed by atoms with Crippen molar-refractivity contribution in [2.45, 2.75) is 39.3 Å². The Morgan fingerprint density at radius 1 is 1.30 bits per heavy atom. The van der Waals surface area contributed by atoms with Crippen LogP contribution in [0, 0.1) is 0 Å². The fraction of sp³-hybridized carbons (Fsp3) is 0.562. The minimum atomic E-state index is -1.46. The molecule has 0 saturated carbocycles. The summed E-state index contributed by atoms with van der Waals surface area (Å²) in [6, 6.07) is 7.24. The third kappa shape index (κ3) is 8.02. The van der Waals surface area contributed by atoms with Crippen LogP contribution in [0.2, 0.25) is 0 Å². The monoisotopic (exact) mass is 322 g/mol. The summed E-state index contributed by atoms with van der Waals surface area (Å²) in [5.41, 5.74) is 0.909. The van der Waals surface area contributed by atoms with Crippen LogP contribution in [0.1, 0.15) is 32.8 Å². The van der Waals surface area contributed by atoms with Gasteiger partial charge in [-0.05, 0) is 51.8 Å². The van der Waals surface area contributed by atoms with Gasteiger partial charge in [-0.25, -0.2) is 4.79 Å². The zero-order valence-corrected chi connectivity index (χ0v) is 14.4. The topological polar surface area (TPSA) is 82.0 Å². The summed E-state index contributed by atoms with van der Waals surface area (Å²) >= 11 is 0. The molecule has 0 radical (unpaired) electrons. The average molecular weight is 322 g/mol. The molecule has 0 aromatic heterocycles. The van der Waals surface area contributed by atoms with E-state index in [-0.39, 0.29) is 0 Å². The number of alkyl carbamates (subject to hydrolysis) is 1. The summed E-state index contributed by atoms with van der Waals surface area (Å²) in [5.74, 6) is 0. The lowest BCUT2D eigenvalue weighted by molar-refractivity contribution is 0.0526. The maximum absolute atomic E-state index is 11.5. The van der Waals surface area contributed by atoms with E-state index in [4.69, 9.17) is 4.74 Å². The molecule has 1 aromatic carbocycles. The highest BCUT2D eigenvalue weighted by Gasteiger charge is 2.17. The molecule has 128 valence electrons. The van der Waals surface area contributed by atoms with Crippen molar-refractivity contribution in [1.29, 1.82) is 0 Å². The Bertz CT molecular complexity index is 503. The molecular weight excluding hydrogens is 295 g/mol. The van der Waals surface area contributed by atoms with Crippen LogP contribution in [0.3, 0.4) is 0 Å². The third-order valence-electron chi connectivity index (χ3n) is 3.16. The van der Waals surface area contributed by atoms with Crippen molar-refractivity contribution in [3.8, 4) is 0 Å². The first-order chi connectivity index (χ1) is 10.7. The number of amides is 1. The summed E-state index contributed by atoms with van der Waals surface area (Å²) in [6.07, 6.45) is 0.369. The standard InChI is InChI=1S/C16H27BN2O4/c1-16(2,3)23-15(20)18-10-7-11-19(4)12-13-8-5-6-9-14(13)17(21)22/h5-6,8-9,21-22H,7,10-12H2,1-4H3,(H,18,20). The molecule has 0 fully saturated rings. The first-order valence-corrected chi connectivity index (χ1v) is 7.78. The Labute approximate surface area is 138 Å². The van der Waals surface area contributed by atoms with E-state index in [1.54, 1.807) is 12.1 Å². The van der Waals surface area contributed by atoms with Gasteiger partial charge in [0.05, 0.1) is 0 Å². The maximum atomic E-state index is 11.5. The molecule has 1 amide bonds. The fourth-order valence-corrected chi connectivity index (χ4v) is 2.15. The number of hydrogen-bond donors (Lipinski definition) is 3. The minimum Gasteiger partial charge on any atom is -0.444 e. The van der Waals surface area contributed by atoms with E-state index < -0.39 is 18.8 Å². The molecule has 23 heavy (non-hydrogen) atoms. The van der Waals surface area contributed by atoms with Gasteiger partial charge < -0.3 is 25.0 Å². The highest BCUT2D eigenvalue weighted by molar-refractivity contribution is 6.59. The lowest BCUT2D eigenvalue weighted by atomic mass is 9.77. The summed E-state index contributed by atoms with van der Waals surface area (Å²) in [4.78, 5) is 13.6. The van der Waals surface area contributed by atoms with Gasteiger partial charge in [0.1, 0.15) is 5.60 Å². The number of benzene rings is 1. The number of carbonyl (C=O) groups excluding carboxylic acids is 1. The van der Waals surface area contributed by atoms with Crippen LogP contribution in [0.15, 0.2) is 24.3 Å². The highest BCUT2D eigenvalue weighted by Crippen LogP contribution is 2.06. The van der Waals surface area contributed by atoms with E-state index in [0.29, 0.717) is 18.6 Å². The summed E-state index contributed by atoms with van der Waals surface area (Å²) < 4.78 is 5.16. The molecule has 1 rings (SSSR count). The molecule has 3 N–H and O–H groups in total. The van der Waals surface area contributed by atoms with Crippen molar-refractivity contribution < 1.29 is 19.6 Å². The molecule has 7 heteroatoms. The van der Waals surface area contributed by atoms with Gasteiger partial charge in [-0.1, -0.05) is 24.3 Å². The molecule has 0 aliphatic carbocycles. The van der Waals surface area contributed by atoms with Crippen LogP contribution in [-0.4, -0.2) is 53.9 Å². The Hall–Kier alpha value is -1.57. The lowest BCUT2D eigenvalue weighted by Crippen LogP contribution is -2.36. The molecule has 0 unspecified atom stereocenters. The molecule has 0 saturated heterocycles. The lowest BCUT2D eigenvalue weighted by Gasteiger charge is -2.21. The van der Waals surface area contributed by atoms with Crippen molar-refractivity contribution in [1.82, 2.24) is 10.2 Å². The normalized spacial score (nSPS) is 11.4. The summed E-state index contributed by atoms with van der Waals surface area (Å²) in [6.45, 7) is 7.39. The van der Waals surface area contributed by atoms with E-state index in [9.17, 15) is 14.8 Å². The van der Waals surface area contributed by atoms with Crippen LogP contribution in [0.25, 0.3) is 0 Å². The number of nitrogens with one attached hydrogen (secondary N) is 1. The Morgan fingerprint density at radius 3 is 2.57 bits per heavy atom. The first-order valence-electron chi connectivity index (χ1n) is 7.78. The fourth-order valence-electron chi connectivity index (χ4n) is 2.15. The minimum absolute atomic E-state index is 0.408. The van der Waals surface area contributed by atoms with E-state index in [2.05, 4.69) is 10.2 Å². The molecule has 1 aromatic rings. The predicted octanol–water partition coefficient (Wildman–Crippen LogP) is 0.713.